The Balaban J connectivity index is 1.63. The first-order valence-corrected chi connectivity index (χ1v) is 7.66. The summed E-state index contributed by atoms with van der Waals surface area (Å²) in [5, 5.41) is 0. The molecule has 2 rings (SSSR count). The average molecular weight is 253 g/mol. The summed E-state index contributed by atoms with van der Waals surface area (Å²) in [6.45, 7) is 2.79. The molecular weight excluding hydrogens is 226 g/mol. The van der Waals surface area contributed by atoms with Crippen molar-refractivity contribution in [3.63, 3.8) is 0 Å². The van der Waals surface area contributed by atoms with E-state index in [9.17, 15) is 4.79 Å². The van der Waals surface area contributed by atoms with Crippen molar-refractivity contribution < 1.29 is 9.53 Å². The number of ether oxygens (including phenoxy) is 1. The third-order valence-electron chi connectivity index (χ3n) is 4.74. The molecule has 2 fully saturated rings. The van der Waals surface area contributed by atoms with Gasteiger partial charge in [-0.05, 0) is 37.5 Å². The number of esters is 1. The normalized spacial score (nSPS) is 33.9. The average Bonchev–Trinajstić information content (AvgIpc) is 2.94. The van der Waals surface area contributed by atoms with Crippen molar-refractivity contribution in [2.45, 2.75) is 64.3 Å². The molecule has 0 radical (unpaired) electrons. The van der Waals surface area contributed by atoms with Crippen LogP contribution in [0.5, 0.6) is 0 Å². The Kier molecular flexibility index (Phi) is 5.04. The molecule has 4 unspecified atom stereocenters. The highest BCUT2D eigenvalue weighted by Gasteiger charge is 2.49. The second-order valence-electron chi connectivity index (χ2n) is 6.02. The third kappa shape index (κ3) is 3.05. The van der Waals surface area contributed by atoms with Crippen LogP contribution in [0.2, 0.25) is 0 Å². The van der Waals surface area contributed by atoms with Gasteiger partial charge in [-0.1, -0.05) is 32.6 Å². The molecule has 0 amide bonds. The molecule has 0 aromatic heterocycles. The molecule has 104 valence electrons. The zero-order valence-corrected chi connectivity index (χ0v) is 11.6. The van der Waals surface area contributed by atoms with Crippen molar-refractivity contribution >= 4 is 5.97 Å². The van der Waals surface area contributed by atoms with Crippen LogP contribution in [-0.2, 0) is 9.53 Å². The number of carbonyl (C=O) groups is 1. The molecule has 0 aliphatic heterocycles. The van der Waals surface area contributed by atoms with Crippen LogP contribution < -0.4 is 5.73 Å². The molecule has 0 saturated heterocycles. The fraction of sp³-hybridized carbons (Fsp3) is 0.933. The van der Waals surface area contributed by atoms with Gasteiger partial charge < -0.3 is 10.5 Å². The van der Waals surface area contributed by atoms with Crippen LogP contribution in [0, 0.1) is 17.8 Å². The lowest BCUT2D eigenvalue weighted by Crippen LogP contribution is -2.41. The second-order valence-corrected chi connectivity index (χ2v) is 6.02. The van der Waals surface area contributed by atoms with Crippen molar-refractivity contribution in [1.82, 2.24) is 0 Å². The lowest BCUT2D eigenvalue weighted by atomic mass is 9.85. The van der Waals surface area contributed by atoms with Gasteiger partial charge in [-0.3, -0.25) is 4.79 Å². The molecule has 2 saturated carbocycles. The summed E-state index contributed by atoms with van der Waals surface area (Å²) in [5.74, 6) is 1.07. The highest BCUT2D eigenvalue weighted by Crippen LogP contribution is 2.47. The minimum atomic E-state index is -0.0230. The highest BCUT2D eigenvalue weighted by molar-refractivity contribution is 5.74. The predicted molar refractivity (Wildman–Crippen MR) is 72.0 cm³/mol. The zero-order valence-electron chi connectivity index (χ0n) is 11.6. The molecule has 2 N–H and O–H groups in total. The van der Waals surface area contributed by atoms with Gasteiger partial charge in [-0.2, -0.15) is 0 Å². The van der Waals surface area contributed by atoms with Crippen LogP contribution in [0.15, 0.2) is 0 Å². The van der Waals surface area contributed by atoms with Gasteiger partial charge in [0.05, 0.1) is 12.5 Å². The van der Waals surface area contributed by atoms with Gasteiger partial charge in [0.2, 0.25) is 0 Å². The maximum atomic E-state index is 12.0. The Bertz CT molecular complexity index is 278. The van der Waals surface area contributed by atoms with E-state index in [0.29, 0.717) is 18.4 Å². The standard InChI is InChI=1S/C15H27NO2/c1-2-3-4-5-6-9-18-15(17)13-11-7-8-12(10-11)14(13)16/h11-14H,2-10,16H2,1H3. The second kappa shape index (κ2) is 6.55. The van der Waals surface area contributed by atoms with Gasteiger partial charge in [0.15, 0.2) is 0 Å². The fourth-order valence-corrected chi connectivity index (χ4v) is 3.66. The van der Waals surface area contributed by atoms with Crippen molar-refractivity contribution in [3.05, 3.63) is 0 Å². The van der Waals surface area contributed by atoms with Gasteiger partial charge in [-0.15, -0.1) is 0 Å². The lowest BCUT2D eigenvalue weighted by Gasteiger charge is -2.26. The van der Waals surface area contributed by atoms with E-state index in [0.717, 1.165) is 12.8 Å². The smallest absolute Gasteiger partial charge is 0.310 e. The molecule has 4 atom stereocenters. The Hall–Kier alpha value is -0.570. The van der Waals surface area contributed by atoms with Crippen LogP contribution in [0.25, 0.3) is 0 Å². The molecule has 2 aliphatic carbocycles. The van der Waals surface area contributed by atoms with Crippen LogP contribution in [0.4, 0.5) is 0 Å². The van der Waals surface area contributed by atoms with E-state index in [1.807, 2.05) is 0 Å². The summed E-state index contributed by atoms with van der Waals surface area (Å²) in [4.78, 5) is 12.0. The van der Waals surface area contributed by atoms with Crippen LogP contribution in [-0.4, -0.2) is 18.6 Å². The maximum absolute atomic E-state index is 12.0. The number of fused-ring (bicyclic) bond motifs is 2. The Labute approximate surface area is 110 Å². The first kappa shape index (κ1) is 13.9. The van der Waals surface area contributed by atoms with E-state index in [2.05, 4.69) is 6.92 Å². The SMILES string of the molecule is CCCCCCCOC(=O)C1C2CCC(C2)C1N. The van der Waals surface area contributed by atoms with Crippen LogP contribution >= 0.6 is 0 Å². The third-order valence-corrected chi connectivity index (χ3v) is 4.74. The van der Waals surface area contributed by atoms with Crippen LogP contribution in [0.3, 0.4) is 0 Å². The number of unbranched alkanes of at least 4 members (excludes halogenated alkanes) is 4. The monoisotopic (exact) mass is 253 g/mol. The molecule has 18 heavy (non-hydrogen) atoms. The first-order chi connectivity index (χ1) is 8.74. The van der Waals surface area contributed by atoms with E-state index in [-0.39, 0.29) is 17.9 Å². The van der Waals surface area contributed by atoms with Crippen molar-refractivity contribution in [3.8, 4) is 0 Å². The molecule has 0 spiro atoms. The topological polar surface area (TPSA) is 52.3 Å². The molecule has 0 aromatic rings. The van der Waals surface area contributed by atoms with E-state index in [1.165, 1.54) is 38.5 Å². The van der Waals surface area contributed by atoms with E-state index < -0.39 is 0 Å². The van der Waals surface area contributed by atoms with Crippen molar-refractivity contribution in [2.24, 2.45) is 23.5 Å². The Morgan fingerprint density at radius 3 is 2.56 bits per heavy atom. The van der Waals surface area contributed by atoms with Crippen molar-refractivity contribution in [1.29, 1.82) is 0 Å². The molecule has 2 bridgehead atoms. The lowest BCUT2D eigenvalue weighted by molar-refractivity contribution is -0.151. The van der Waals surface area contributed by atoms with Gasteiger partial charge in [-0.25, -0.2) is 0 Å². The molecule has 0 aromatic carbocycles. The number of hydrogen-bond donors (Lipinski definition) is 1. The maximum Gasteiger partial charge on any atom is 0.310 e. The Morgan fingerprint density at radius 1 is 1.17 bits per heavy atom. The Morgan fingerprint density at radius 2 is 1.89 bits per heavy atom. The van der Waals surface area contributed by atoms with Gasteiger partial charge in [0.1, 0.15) is 0 Å². The zero-order chi connectivity index (χ0) is 13.0. The summed E-state index contributed by atoms with van der Waals surface area (Å²) in [6, 6.07) is 0.0661. The summed E-state index contributed by atoms with van der Waals surface area (Å²) >= 11 is 0. The highest BCUT2D eigenvalue weighted by atomic mass is 16.5. The molecule has 0 heterocycles. The number of carbonyl (C=O) groups excluding carboxylic acids is 1. The van der Waals surface area contributed by atoms with E-state index >= 15 is 0 Å². The largest absolute Gasteiger partial charge is 0.465 e. The summed E-state index contributed by atoms with van der Waals surface area (Å²) in [7, 11) is 0. The molecule has 2 aliphatic rings. The quantitative estimate of drug-likeness (QED) is 0.560. The first-order valence-electron chi connectivity index (χ1n) is 7.66. The number of rotatable bonds is 7. The summed E-state index contributed by atoms with van der Waals surface area (Å²) in [6.07, 6.45) is 9.50. The summed E-state index contributed by atoms with van der Waals surface area (Å²) < 4.78 is 5.41. The van der Waals surface area contributed by atoms with Gasteiger partial charge in [0, 0.05) is 6.04 Å². The minimum Gasteiger partial charge on any atom is -0.465 e. The van der Waals surface area contributed by atoms with E-state index in [4.69, 9.17) is 10.5 Å². The van der Waals surface area contributed by atoms with Crippen LogP contribution in [0.1, 0.15) is 58.3 Å². The van der Waals surface area contributed by atoms with Gasteiger partial charge in [0.25, 0.3) is 0 Å². The number of nitrogens with two attached hydrogens (primary N) is 1. The molecular formula is C15H27NO2. The molecule has 3 heteroatoms. The minimum absolute atomic E-state index is 0.000563. The number of hydrogen-bond acceptors (Lipinski definition) is 3. The summed E-state index contributed by atoms with van der Waals surface area (Å²) in [5.41, 5.74) is 6.13. The van der Waals surface area contributed by atoms with Gasteiger partial charge >= 0.3 is 5.97 Å². The predicted octanol–water partition coefficient (Wildman–Crippen LogP) is 2.87. The fourth-order valence-electron chi connectivity index (χ4n) is 3.66. The van der Waals surface area contributed by atoms with Crippen molar-refractivity contribution in [2.75, 3.05) is 6.61 Å². The molecule has 3 nitrogen and oxygen atoms in total. The van der Waals surface area contributed by atoms with E-state index in [1.54, 1.807) is 0 Å².